The highest BCUT2D eigenvalue weighted by molar-refractivity contribution is 5.94. The number of hydrogen-bond donors (Lipinski definition) is 0. The minimum atomic E-state index is -0.356. The lowest BCUT2D eigenvalue weighted by Gasteiger charge is -2.20. The topological polar surface area (TPSA) is 61.2 Å². The predicted molar refractivity (Wildman–Crippen MR) is 129 cm³/mol. The number of rotatable bonds is 7. The van der Waals surface area contributed by atoms with Crippen LogP contribution in [0, 0.1) is 5.92 Å². The highest BCUT2D eigenvalue weighted by Crippen LogP contribution is 2.40. The molecule has 0 spiro atoms. The SMILES string of the molecule is C=CCOC(=O)c1cc(C2CC2)cnc1Cc1ccc2c(ccn2C(=O)C2CCCCC2)c1. The highest BCUT2D eigenvalue weighted by atomic mass is 16.5. The number of carbonyl (C=O) groups is 2. The molecule has 2 aliphatic rings. The maximum absolute atomic E-state index is 13.0. The first-order valence-electron chi connectivity index (χ1n) is 12.0. The van der Waals surface area contributed by atoms with Gasteiger partial charge in [-0.05, 0) is 67.0 Å². The Morgan fingerprint density at radius 3 is 2.67 bits per heavy atom. The molecule has 33 heavy (non-hydrogen) atoms. The van der Waals surface area contributed by atoms with Gasteiger partial charge in [-0.1, -0.05) is 38.0 Å². The van der Waals surface area contributed by atoms with Gasteiger partial charge in [0.15, 0.2) is 0 Å². The van der Waals surface area contributed by atoms with E-state index in [2.05, 4.69) is 17.6 Å². The van der Waals surface area contributed by atoms with E-state index in [1.807, 2.05) is 41.2 Å². The fraction of sp³-hybridized carbons (Fsp3) is 0.393. The summed E-state index contributed by atoms with van der Waals surface area (Å²) < 4.78 is 7.15. The summed E-state index contributed by atoms with van der Waals surface area (Å²) in [6.07, 6.45) is 13.7. The van der Waals surface area contributed by atoms with Crippen molar-refractivity contribution in [3.63, 3.8) is 0 Å². The summed E-state index contributed by atoms with van der Waals surface area (Å²) in [5.74, 6) is 0.495. The zero-order chi connectivity index (χ0) is 22.8. The molecule has 2 aliphatic carbocycles. The van der Waals surface area contributed by atoms with Crippen LogP contribution in [0.25, 0.3) is 10.9 Å². The average Bonchev–Trinajstić information content (AvgIpc) is 3.62. The first kappa shape index (κ1) is 21.6. The van der Waals surface area contributed by atoms with E-state index in [9.17, 15) is 9.59 Å². The zero-order valence-electron chi connectivity index (χ0n) is 19.0. The summed E-state index contributed by atoms with van der Waals surface area (Å²) in [5, 5.41) is 1.03. The lowest BCUT2D eigenvalue weighted by molar-refractivity contribution is 0.0547. The van der Waals surface area contributed by atoms with Crippen LogP contribution in [-0.2, 0) is 11.2 Å². The number of aromatic nitrogens is 2. The molecule has 170 valence electrons. The Hall–Kier alpha value is -3.21. The second-order valence-corrected chi connectivity index (χ2v) is 9.35. The molecule has 0 saturated heterocycles. The summed E-state index contributed by atoms with van der Waals surface area (Å²) in [4.78, 5) is 30.4. The van der Waals surface area contributed by atoms with Crippen LogP contribution >= 0.6 is 0 Å². The van der Waals surface area contributed by atoms with Gasteiger partial charge in [-0.2, -0.15) is 0 Å². The van der Waals surface area contributed by atoms with Crippen LogP contribution in [0.4, 0.5) is 0 Å². The molecule has 0 aliphatic heterocycles. The number of ether oxygens (including phenoxy) is 1. The number of fused-ring (bicyclic) bond motifs is 1. The van der Waals surface area contributed by atoms with Crippen molar-refractivity contribution in [2.24, 2.45) is 5.92 Å². The monoisotopic (exact) mass is 442 g/mol. The van der Waals surface area contributed by atoms with Gasteiger partial charge in [0.25, 0.3) is 0 Å². The van der Waals surface area contributed by atoms with Crippen molar-refractivity contribution in [1.82, 2.24) is 9.55 Å². The van der Waals surface area contributed by atoms with Crippen LogP contribution in [0.5, 0.6) is 0 Å². The van der Waals surface area contributed by atoms with Crippen molar-refractivity contribution < 1.29 is 14.3 Å². The van der Waals surface area contributed by atoms with E-state index < -0.39 is 0 Å². The highest BCUT2D eigenvalue weighted by Gasteiger charge is 2.27. The fourth-order valence-corrected chi connectivity index (χ4v) is 4.91. The maximum atomic E-state index is 13.0. The molecule has 0 N–H and O–H groups in total. The molecule has 2 fully saturated rings. The molecule has 5 nitrogen and oxygen atoms in total. The van der Waals surface area contributed by atoms with Crippen LogP contribution in [0.3, 0.4) is 0 Å². The summed E-state index contributed by atoms with van der Waals surface area (Å²) in [6, 6.07) is 10.1. The molecule has 0 amide bonds. The third-order valence-corrected chi connectivity index (χ3v) is 6.91. The van der Waals surface area contributed by atoms with Crippen LogP contribution in [0.15, 0.2) is 55.4 Å². The minimum absolute atomic E-state index is 0.132. The average molecular weight is 443 g/mol. The zero-order valence-corrected chi connectivity index (χ0v) is 19.0. The first-order chi connectivity index (χ1) is 16.1. The van der Waals surface area contributed by atoms with Gasteiger partial charge in [0.05, 0.1) is 16.8 Å². The largest absolute Gasteiger partial charge is 0.458 e. The molecular formula is C28H30N2O3. The molecule has 1 aromatic carbocycles. The lowest BCUT2D eigenvalue weighted by Crippen LogP contribution is -2.23. The van der Waals surface area contributed by atoms with E-state index in [-0.39, 0.29) is 24.4 Å². The summed E-state index contributed by atoms with van der Waals surface area (Å²) in [6.45, 7) is 3.81. The fourth-order valence-electron chi connectivity index (χ4n) is 4.91. The molecule has 5 rings (SSSR count). The maximum Gasteiger partial charge on any atom is 0.340 e. The van der Waals surface area contributed by atoms with E-state index >= 15 is 0 Å². The van der Waals surface area contributed by atoms with Gasteiger partial charge in [0, 0.05) is 30.1 Å². The van der Waals surface area contributed by atoms with E-state index in [1.165, 1.54) is 6.42 Å². The van der Waals surface area contributed by atoms with Crippen LogP contribution < -0.4 is 0 Å². The van der Waals surface area contributed by atoms with E-state index in [1.54, 1.807) is 6.08 Å². The first-order valence-corrected chi connectivity index (χ1v) is 12.0. The molecule has 3 aromatic rings. The van der Waals surface area contributed by atoms with Crippen molar-refractivity contribution in [1.29, 1.82) is 0 Å². The van der Waals surface area contributed by atoms with Gasteiger partial charge in [0.2, 0.25) is 5.91 Å². The van der Waals surface area contributed by atoms with E-state index in [4.69, 9.17) is 4.74 Å². The number of hydrogen-bond acceptors (Lipinski definition) is 4. The lowest BCUT2D eigenvalue weighted by atomic mass is 9.88. The van der Waals surface area contributed by atoms with E-state index in [0.29, 0.717) is 23.6 Å². The van der Waals surface area contributed by atoms with Crippen LogP contribution in [-0.4, -0.2) is 28.0 Å². The molecule has 0 bridgehead atoms. The van der Waals surface area contributed by atoms with Crippen molar-refractivity contribution >= 4 is 22.8 Å². The standard InChI is InChI=1S/C28H30N2O3/c1-2-14-33-28(32)24-17-23(20-9-10-20)18-29-25(24)16-19-8-11-26-22(15-19)12-13-30(26)27(31)21-6-4-3-5-7-21/h2,8,11-13,15,17-18,20-21H,1,3-7,9-10,14,16H2. The molecule has 2 saturated carbocycles. The summed E-state index contributed by atoms with van der Waals surface area (Å²) >= 11 is 0. The second-order valence-electron chi connectivity index (χ2n) is 9.35. The van der Waals surface area contributed by atoms with Gasteiger partial charge < -0.3 is 4.74 Å². The third kappa shape index (κ3) is 4.63. The number of esters is 1. The van der Waals surface area contributed by atoms with E-state index in [0.717, 1.165) is 60.6 Å². The minimum Gasteiger partial charge on any atom is -0.458 e. The molecule has 2 heterocycles. The van der Waals surface area contributed by atoms with Crippen molar-refractivity contribution in [2.45, 2.75) is 57.3 Å². The van der Waals surface area contributed by atoms with Gasteiger partial charge >= 0.3 is 5.97 Å². The van der Waals surface area contributed by atoms with Gasteiger partial charge in [-0.3, -0.25) is 14.3 Å². The molecule has 0 radical (unpaired) electrons. The van der Waals surface area contributed by atoms with Crippen molar-refractivity contribution in [3.05, 3.63) is 77.8 Å². The Balaban J connectivity index is 1.40. The predicted octanol–water partition coefficient (Wildman–Crippen LogP) is 6.07. The molecule has 0 unspecified atom stereocenters. The van der Waals surface area contributed by atoms with Crippen molar-refractivity contribution in [2.75, 3.05) is 6.61 Å². The molecule has 2 aromatic heterocycles. The quantitative estimate of drug-likeness (QED) is 0.329. The second kappa shape index (κ2) is 9.34. The summed E-state index contributed by atoms with van der Waals surface area (Å²) in [7, 11) is 0. The van der Waals surface area contributed by atoms with Crippen molar-refractivity contribution in [3.8, 4) is 0 Å². The molecular weight excluding hydrogens is 412 g/mol. The van der Waals surface area contributed by atoms with Crippen LogP contribution in [0.2, 0.25) is 0 Å². The Kier molecular flexibility index (Phi) is 6.12. The Bertz CT molecular complexity index is 1200. The van der Waals surface area contributed by atoms with Gasteiger partial charge in [0.1, 0.15) is 6.61 Å². The number of pyridine rings is 1. The molecule has 5 heteroatoms. The van der Waals surface area contributed by atoms with Gasteiger partial charge in [-0.15, -0.1) is 0 Å². The van der Waals surface area contributed by atoms with Gasteiger partial charge in [-0.25, -0.2) is 4.79 Å². The third-order valence-electron chi connectivity index (χ3n) is 6.91. The number of benzene rings is 1. The number of carbonyl (C=O) groups excluding carboxylic acids is 2. The number of nitrogens with zero attached hydrogens (tertiary/aromatic N) is 2. The Morgan fingerprint density at radius 2 is 1.91 bits per heavy atom. The Morgan fingerprint density at radius 1 is 1.09 bits per heavy atom. The summed E-state index contributed by atoms with van der Waals surface area (Å²) in [5.41, 5.74) is 4.35. The Labute approximate surface area is 194 Å². The smallest absolute Gasteiger partial charge is 0.340 e. The normalized spacial score (nSPS) is 16.6. The molecule has 0 atom stereocenters. The van der Waals surface area contributed by atoms with Crippen LogP contribution in [0.1, 0.15) is 82.8 Å².